The maximum atomic E-state index is 13.0. The van der Waals surface area contributed by atoms with Crippen molar-refractivity contribution in [2.75, 3.05) is 0 Å². The Labute approximate surface area is 123 Å². The van der Waals surface area contributed by atoms with E-state index >= 15 is 0 Å². The van der Waals surface area contributed by atoms with E-state index in [9.17, 15) is 23.1 Å². The number of rotatable bonds is 2. The van der Waals surface area contributed by atoms with E-state index < -0.39 is 36.1 Å². The predicted molar refractivity (Wildman–Crippen MR) is 72.5 cm³/mol. The lowest BCUT2D eigenvalue weighted by Gasteiger charge is -2.33. The second-order valence-electron chi connectivity index (χ2n) is 6.36. The van der Waals surface area contributed by atoms with E-state index in [1.807, 2.05) is 0 Å². The molecule has 0 aromatic heterocycles. The van der Waals surface area contributed by atoms with Crippen LogP contribution in [0.2, 0.25) is 0 Å². The summed E-state index contributed by atoms with van der Waals surface area (Å²) in [5.41, 5.74) is 0. The zero-order valence-electron chi connectivity index (χ0n) is 12.2. The third-order valence-electron chi connectivity index (χ3n) is 4.83. The van der Waals surface area contributed by atoms with Crippen molar-refractivity contribution in [2.45, 2.75) is 76.1 Å². The summed E-state index contributed by atoms with van der Waals surface area (Å²) in [5.74, 6) is -3.05. The summed E-state index contributed by atoms with van der Waals surface area (Å²) in [6.45, 7) is 0. The van der Waals surface area contributed by atoms with E-state index in [1.54, 1.807) is 0 Å². The lowest BCUT2D eigenvalue weighted by Crippen LogP contribution is -2.49. The number of nitrogens with one attached hydrogen (secondary N) is 1. The van der Waals surface area contributed by atoms with Crippen LogP contribution in [-0.2, 0) is 4.79 Å². The quantitative estimate of drug-likeness (QED) is 0.770. The number of carbonyl (C=O) groups is 1. The molecule has 4 unspecified atom stereocenters. The maximum absolute atomic E-state index is 13.0. The molecule has 1 amide bonds. The fourth-order valence-electron chi connectivity index (χ4n) is 3.58. The molecule has 2 aliphatic rings. The van der Waals surface area contributed by atoms with Crippen LogP contribution in [0, 0.1) is 11.8 Å². The van der Waals surface area contributed by atoms with E-state index in [-0.39, 0.29) is 6.42 Å². The number of aliphatic hydroxyl groups is 1. The summed E-state index contributed by atoms with van der Waals surface area (Å²) in [7, 11) is 0. The van der Waals surface area contributed by atoms with Gasteiger partial charge in [-0.3, -0.25) is 4.79 Å². The Bertz CT molecular complexity index is 359. The standard InChI is InChI=1S/C15H24F3NO2/c16-15(17,18)11-7-5-4-6-10(11)14(21)19-12-8-2-1-3-9-13(12)20/h10-13,20H,1-9H2,(H,19,21). The number of aliphatic hydroxyl groups excluding tert-OH is 1. The van der Waals surface area contributed by atoms with Gasteiger partial charge < -0.3 is 10.4 Å². The Kier molecular flexibility index (Phi) is 5.52. The highest BCUT2D eigenvalue weighted by Crippen LogP contribution is 2.41. The molecule has 2 N–H and O–H groups in total. The average molecular weight is 307 g/mol. The van der Waals surface area contributed by atoms with Gasteiger partial charge in [-0.25, -0.2) is 0 Å². The summed E-state index contributed by atoms with van der Waals surface area (Å²) >= 11 is 0. The smallest absolute Gasteiger partial charge is 0.391 e. The highest BCUT2D eigenvalue weighted by molar-refractivity contribution is 5.79. The zero-order chi connectivity index (χ0) is 15.5. The van der Waals surface area contributed by atoms with Crippen LogP contribution in [0.25, 0.3) is 0 Å². The largest absolute Gasteiger partial charge is 0.392 e. The van der Waals surface area contributed by atoms with Crippen LogP contribution in [-0.4, -0.2) is 29.3 Å². The third kappa shape index (κ3) is 4.34. The number of halogens is 3. The van der Waals surface area contributed by atoms with Crippen molar-refractivity contribution in [1.29, 1.82) is 0 Å². The lowest BCUT2D eigenvalue weighted by molar-refractivity contribution is -0.198. The van der Waals surface area contributed by atoms with E-state index in [4.69, 9.17) is 0 Å². The highest BCUT2D eigenvalue weighted by Gasteiger charge is 2.48. The summed E-state index contributed by atoms with van der Waals surface area (Å²) in [5, 5.41) is 12.7. The molecule has 0 radical (unpaired) electrons. The van der Waals surface area contributed by atoms with Gasteiger partial charge in [-0.2, -0.15) is 13.2 Å². The Hall–Kier alpha value is -0.780. The van der Waals surface area contributed by atoms with Gasteiger partial charge in [-0.05, 0) is 25.7 Å². The number of hydrogen-bond donors (Lipinski definition) is 2. The Morgan fingerprint density at radius 1 is 0.952 bits per heavy atom. The molecular weight excluding hydrogens is 283 g/mol. The Balaban J connectivity index is 2.00. The van der Waals surface area contributed by atoms with Gasteiger partial charge in [0.2, 0.25) is 5.91 Å². The minimum atomic E-state index is -4.31. The molecule has 3 nitrogen and oxygen atoms in total. The fraction of sp³-hybridized carbons (Fsp3) is 0.933. The van der Waals surface area contributed by atoms with Gasteiger partial charge >= 0.3 is 6.18 Å². The molecule has 2 fully saturated rings. The average Bonchev–Trinajstić information content (AvgIpc) is 2.63. The van der Waals surface area contributed by atoms with Crippen molar-refractivity contribution < 1.29 is 23.1 Å². The molecule has 0 aromatic rings. The molecule has 0 aromatic carbocycles. The number of alkyl halides is 3. The maximum Gasteiger partial charge on any atom is 0.392 e. The lowest BCUT2D eigenvalue weighted by atomic mass is 9.78. The minimum absolute atomic E-state index is 0.0365. The molecule has 6 heteroatoms. The van der Waals surface area contributed by atoms with Crippen molar-refractivity contribution in [3.05, 3.63) is 0 Å². The number of hydrogen-bond acceptors (Lipinski definition) is 2. The summed E-state index contributed by atoms with van der Waals surface area (Å²) in [6, 6.07) is -0.393. The molecule has 21 heavy (non-hydrogen) atoms. The van der Waals surface area contributed by atoms with E-state index in [0.29, 0.717) is 32.1 Å². The second-order valence-corrected chi connectivity index (χ2v) is 6.36. The molecule has 2 rings (SSSR count). The molecule has 2 aliphatic carbocycles. The molecule has 0 heterocycles. The first kappa shape index (κ1) is 16.6. The molecule has 0 aliphatic heterocycles. The number of carbonyl (C=O) groups excluding carboxylic acids is 1. The first-order chi connectivity index (χ1) is 9.89. The van der Waals surface area contributed by atoms with Gasteiger partial charge in [-0.15, -0.1) is 0 Å². The molecule has 4 atom stereocenters. The highest BCUT2D eigenvalue weighted by atomic mass is 19.4. The van der Waals surface area contributed by atoms with Crippen LogP contribution in [0.5, 0.6) is 0 Å². The van der Waals surface area contributed by atoms with Crippen LogP contribution < -0.4 is 5.32 Å². The van der Waals surface area contributed by atoms with Crippen molar-refractivity contribution in [1.82, 2.24) is 5.32 Å². The molecule has 2 saturated carbocycles. The van der Waals surface area contributed by atoms with Crippen LogP contribution in [0.4, 0.5) is 13.2 Å². The van der Waals surface area contributed by atoms with Gasteiger partial charge in [0.15, 0.2) is 0 Å². The van der Waals surface area contributed by atoms with Gasteiger partial charge in [0, 0.05) is 5.92 Å². The van der Waals surface area contributed by atoms with Crippen molar-refractivity contribution in [3.8, 4) is 0 Å². The van der Waals surface area contributed by atoms with Crippen LogP contribution in [0.1, 0.15) is 57.8 Å². The third-order valence-corrected chi connectivity index (χ3v) is 4.83. The SMILES string of the molecule is O=C(NC1CCCCCC1O)C1CCCCC1C(F)(F)F. The van der Waals surface area contributed by atoms with Gasteiger partial charge in [0.1, 0.15) is 0 Å². The van der Waals surface area contributed by atoms with Gasteiger partial charge in [0.25, 0.3) is 0 Å². The monoisotopic (exact) mass is 307 g/mol. The summed E-state index contributed by atoms with van der Waals surface area (Å²) < 4.78 is 39.1. The molecule has 0 spiro atoms. The first-order valence-corrected chi connectivity index (χ1v) is 7.94. The Morgan fingerprint density at radius 2 is 1.57 bits per heavy atom. The molecule has 122 valence electrons. The van der Waals surface area contributed by atoms with Crippen molar-refractivity contribution in [2.24, 2.45) is 11.8 Å². The van der Waals surface area contributed by atoms with Crippen molar-refractivity contribution >= 4 is 5.91 Å². The van der Waals surface area contributed by atoms with Crippen LogP contribution in [0.3, 0.4) is 0 Å². The predicted octanol–water partition coefficient (Wildman–Crippen LogP) is 3.16. The normalized spacial score (nSPS) is 35.0. The minimum Gasteiger partial charge on any atom is -0.391 e. The summed E-state index contributed by atoms with van der Waals surface area (Å²) in [4.78, 5) is 12.3. The number of amides is 1. The second kappa shape index (κ2) is 6.99. The molecule has 0 saturated heterocycles. The van der Waals surface area contributed by atoms with Crippen LogP contribution in [0.15, 0.2) is 0 Å². The summed E-state index contributed by atoms with van der Waals surface area (Å²) in [6.07, 6.45) is 0.629. The fourth-order valence-corrected chi connectivity index (χ4v) is 3.58. The molecule has 0 bridgehead atoms. The molecular formula is C15H24F3NO2. The van der Waals surface area contributed by atoms with E-state index in [0.717, 1.165) is 19.3 Å². The topological polar surface area (TPSA) is 49.3 Å². The van der Waals surface area contributed by atoms with Gasteiger partial charge in [0.05, 0.1) is 18.1 Å². The Morgan fingerprint density at radius 3 is 2.29 bits per heavy atom. The van der Waals surface area contributed by atoms with E-state index in [2.05, 4.69) is 5.32 Å². The van der Waals surface area contributed by atoms with E-state index in [1.165, 1.54) is 0 Å². The van der Waals surface area contributed by atoms with Gasteiger partial charge in [-0.1, -0.05) is 32.1 Å². The zero-order valence-corrected chi connectivity index (χ0v) is 12.2. The van der Waals surface area contributed by atoms with Crippen molar-refractivity contribution in [3.63, 3.8) is 0 Å². The first-order valence-electron chi connectivity index (χ1n) is 7.94. The van der Waals surface area contributed by atoms with Crippen LogP contribution >= 0.6 is 0 Å².